The minimum absolute atomic E-state index is 0.0772. The van der Waals surface area contributed by atoms with E-state index < -0.39 is 0 Å². The summed E-state index contributed by atoms with van der Waals surface area (Å²) in [5.74, 6) is 2.27. The normalized spacial score (nSPS) is 15.6. The third kappa shape index (κ3) is 6.53. The summed E-state index contributed by atoms with van der Waals surface area (Å²) >= 11 is 0. The molecule has 0 spiro atoms. The average Bonchev–Trinajstić information content (AvgIpc) is 3.41. The quantitative estimate of drug-likeness (QED) is 0.174. The van der Waals surface area contributed by atoms with Gasteiger partial charge in [0.05, 0.1) is 26.9 Å². The number of fused-ring (bicyclic) bond motifs is 1. The van der Waals surface area contributed by atoms with Crippen LogP contribution in [0.2, 0.25) is 0 Å². The van der Waals surface area contributed by atoms with Crippen molar-refractivity contribution in [3.05, 3.63) is 119 Å². The van der Waals surface area contributed by atoms with Gasteiger partial charge < -0.3 is 24.0 Å². The number of hydrogen-bond donors (Lipinski definition) is 0. The molecule has 4 aromatic carbocycles. The zero-order chi connectivity index (χ0) is 30.3. The van der Waals surface area contributed by atoms with Gasteiger partial charge in [0, 0.05) is 56.1 Å². The number of piperazine rings is 1. The van der Waals surface area contributed by atoms with Crippen LogP contribution < -0.4 is 19.1 Å². The van der Waals surface area contributed by atoms with Crippen LogP contribution in [0.4, 0.5) is 5.69 Å². The van der Waals surface area contributed by atoms with Crippen LogP contribution in [0.1, 0.15) is 45.9 Å². The van der Waals surface area contributed by atoms with Gasteiger partial charge >= 0.3 is 0 Å². The Kier molecular flexibility index (Phi) is 9.32. The van der Waals surface area contributed by atoms with Crippen molar-refractivity contribution in [3.8, 4) is 17.2 Å². The maximum atomic E-state index is 14.0. The highest BCUT2D eigenvalue weighted by molar-refractivity contribution is 6.00. The van der Waals surface area contributed by atoms with Crippen molar-refractivity contribution in [3.63, 3.8) is 0 Å². The van der Waals surface area contributed by atoms with Gasteiger partial charge in [-0.25, -0.2) is 0 Å². The lowest BCUT2D eigenvalue weighted by Crippen LogP contribution is -2.46. The van der Waals surface area contributed by atoms with Gasteiger partial charge in [0.2, 0.25) is 0 Å². The van der Waals surface area contributed by atoms with Gasteiger partial charge in [-0.2, -0.15) is 0 Å². The van der Waals surface area contributed by atoms with Crippen molar-refractivity contribution in [2.24, 2.45) is 0 Å². The molecule has 2 heterocycles. The van der Waals surface area contributed by atoms with Crippen LogP contribution in [-0.2, 0) is 13.1 Å². The molecule has 1 fully saturated rings. The van der Waals surface area contributed by atoms with E-state index in [2.05, 4.69) is 46.2 Å². The summed E-state index contributed by atoms with van der Waals surface area (Å²) in [4.78, 5) is 21.0. The predicted molar refractivity (Wildman–Crippen MR) is 174 cm³/mol. The maximum absolute atomic E-state index is 14.0. The number of carbonyl (C=O) groups excluding carboxylic acids is 1. The number of ether oxygens (including phenoxy) is 3. The summed E-state index contributed by atoms with van der Waals surface area (Å²) in [6.45, 7) is 5.97. The summed E-state index contributed by atoms with van der Waals surface area (Å²) in [7, 11) is 3.28. The van der Waals surface area contributed by atoms with Crippen molar-refractivity contribution in [2.75, 3.05) is 51.9 Å². The molecule has 44 heavy (non-hydrogen) atoms. The molecule has 1 amide bonds. The molecule has 1 atom stereocenters. The molecule has 0 bridgehead atoms. The first kappa shape index (κ1) is 29.6. The van der Waals surface area contributed by atoms with Crippen molar-refractivity contribution >= 4 is 11.6 Å². The van der Waals surface area contributed by atoms with E-state index in [-0.39, 0.29) is 11.9 Å². The first-order valence-electron chi connectivity index (χ1n) is 15.5. The monoisotopic (exact) mass is 591 g/mol. The van der Waals surface area contributed by atoms with Gasteiger partial charge in [-0.3, -0.25) is 9.69 Å². The summed E-state index contributed by atoms with van der Waals surface area (Å²) < 4.78 is 17.2. The van der Waals surface area contributed by atoms with Gasteiger partial charge in [-0.1, -0.05) is 60.7 Å². The topological polar surface area (TPSA) is 54.5 Å². The first-order chi connectivity index (χ1) is 21.6. The second kappa shape index (κ2) is 13.9. The molecule has 0 saturated carbocycles. The molecule has 228 valence electrons. The van der Waals surface area contributed by atoms with Crippen molar-refractivity contribution in [1.29, 1.82) is 0 Å². The number of hydrogen-bond acceptors (Lipinski definition) is 6. The Morgan fingerprint density at radius 2 is 1.50 bits per heavy atom. The summed E-state index contributed by atoms with van der Waals surface area (Å²) in [5, 5.41) is 0. The molecule has 0 N–H and O–H groups in total. The number of rotatable bonds is 12. The number of anilines is 1. The fourth-order valence-corrected chi connectivity index (χ4v) is 6.42. The van der Waals surface area contributed by atoms with Gasteiger partial charge in [-0.15, -0.1) is 0 Å². The number of methoxy groups -OCH3 is 2. The summed E-state index contributed by atoms with van der Waals surface area (Å²) in [5.41, 5.74) is 5.48. The standard InChI is InChI=1S/C37H41N3O4/c1-42-35-19-18-29(25-36(35)43-2)33(17-10-24-44-30-13-7-4-8-14-30)40-27-32-31(37(40)41)15-9-16-34(32)39-22-20-38(21-23-39)26-28-11-5-3-6-12-28/h3-9,11-16,18-19,25,33H,10,17,20-24,26-27H2,1-2H3. The molecular weight excluding hydrogens is 550 g/mol. The molecule has 4 aromatic rings. The minimum atomic E-state index is -0.135. The van der Waals surface area contributed by atoms with Crippen LogP contribution in [-0.4, -0.2) is 62.7 Å². The zero-order valence-electron chi connectivity index (χ0n) is 25.7. The van der Waals surface area contributed by atoms with Crippen molar-refractivity contribution < 1.29 is 19.0 Å². The Bertz CT molecular complexity index is 1540. The highest BCUT2D eigenvalue weighted by Gasteiger charge is 2.36. The third-order valence-electron chi connectivity index (χ3n) is 8.74. The van der Waals surface area contributed by atoms with Gasteiger partial charge in [0.1, 0.15) is 5.75 Å². The SMILES string of the molecule is COc1ccc(C(CCCOc2ccccc2)N2Cc3c(cccc3N3CCN(Cc4ccccc4)CC3)C2=O)cc1OC. The largest absolute Gasteiger partial charge is 0.494 e. The second-order valence-electron chi connectivity index (χ2n) is 11.4. The molecule has 2 aliphatic rings. The van der Waals surface area contributed by atoms with Gasteiger partial charge in [-0.05, 0) is 60.4 Å². The second-order valence-corrected chi connectivity index (χ2v) is 11.4. The third-order valence-corrected chi connectivity index (χ3v) is 8.74. The lowest BCUT2D eigenvalue weighted by molar-refractivity contribution is 0.0684. The first-order valence-corrected chi connectivity index (χ1v) is 15.5. The highest BCUT2D eigenvalue weighted by atomic mass is 16.5. The van der Waals surface area contributed by atoms with Crippen LogP contribution >= 0.6 is 0 Å². The maximum Gasteiger partial charge on any atom is 0.255 e. The fourth-order valence-electron chi connectivity index (χ4n) is 6.42. The number of benzene rings is 4. The summed E-state index contributed by atoms with van der Waals surface area (Å²) in [6.07, 6.45) is 1.56. The number of nitrogens with zero attached hydrogens (tertiary/aromatic N) is 3. The van der Waals surface area contributed by atoms with Crippen LogP contribution in [0.5, 0.6) is 17.2 Å². The van der Waals surface area contributed by atoms with E-state index >= 15 is 0 Å². The smallest absolute Gasteiger partial charge is 0.255 e. The van der Waals surface area contributed by atoms with Crippen molar-refractivity contribution in [2.45, 2.75) is 32.0 Å². The lowest BCUT2D eigenvalue weighted by Gasteiger charge is -2.37. The molecule has 1 saturated heterocycles. The molecule has 0 aromatic heterocycles. The molecule has 1 unspecified atom stereocenters. The van der Waals surface area contributed by atoms with Crippen LogP contribution in [0, 0.1) is 0 Å². The number of amides is 1. The molecule has 0 radical (unpaired) electrons. The fraction of sp³-hybridized carbons (Fsp3) is 0.324. The van der Waals surface area contributed by atoms with Crippen LogP contribution in [0.25, 0.3) is 0 Å². The minimum Gasteiger partial charge on any atom is -0.494 e. The molecular formula is C37H41N3O4. The highest BCUT2D eigenvalue weighted by Crippen LogP contribution is 2.40. The van der Waals surface area contributed by atoms with Gasteiger partial charge in [0.15, 0.2) is 11.5 Å². The molecule has 0 aliphatic carbocycles. The van der Waals surface area contributed by atoms with E-state index in [0.29, 0.717) is 24.7 Å². The van der Waals surface area contributed by atoms with E-state index in [1.165, 1.54) is 11.3 Å². The Labute approximate surface area is 260 Å². The molecule has 2 aliphatic heterocycles. The van der Waals surface area contributed by atoms with E-state index in [9.17, 15) is 4.79 Å². The Morgan fingerprint density at radius 1 is 0.773 bits per heavy atom. The van der Waals surface area contributed by atoms with E-state index in [4.69, 9.17) is 14.2 Å². The predicted octanol–water partition coefficient (Wildman–Crippen LogP) is 6.58. The molecule has 6 rings (SSSR count). The van der Waals surface area contributed by atoms with Crippen LogP contribution in [0.15, 0.2) is 97.1 Å². The van der Waals surface area contributed by atoms with Gasteiger partial charge in [0.25, 0.3) is 5.91 Å². The molecule has 7 nitrogen and oxygen atoms in total. The van der Waals surface area contributed by atoms with E-state index in [0.717, 1.165) is 68.0 Å². The zero-order valence-corrected chi connectivity index (χ0v) is 25.7. The van der Waals surface area contributed by atoms with Crippen LogP contribution in [0.3, 0.4) is 0 Å². The molecule has 7 heteroatoms. The lowest BCUT2D eigenvalue weighted by atomic mass is 9.99. The average molecular weight is 592 g/mol. The Balaban J connectivity index is 1.19. The van der Waals surface area contributed by atoms with E-state index in [1.54, 1.807) is 14.2 Å². The van der Waals surface area contributed by atoms with Crippen molar-refractivity contribution in [1.82, 2.24) is 9.80 Å². The summed E-state index contributed by atoms with van der Waals surface area (Å²) in [6, 6.07) is 32.6. The van der Waals surface area contributed by atoms with E-state index in [1.807, 2.05) is 65.6 Å². The Hall–Kier alpha value is -4.49. The number of carbonyl (C=O) groups is 1. The number of para-hydroxylation sites is 1. The Morgan fingerprint density at radius 3 is 2.23 bits per heavy atom.